The Kier molecular flexibility index (Phi) is 3.74. The van der Waals surface area contributed by atoms with Crippen LogP contribution in [-0.4, -0.2) is 50.6 Å². The van der Waals surface area contributed by atoms with Crippen LogP contribution >= 0.6 is 0 Å². The van der Waals surface area contributed by atoms with Crippen molar-refractivity contribution >= 4 is 11.9 Å². The van der Waals surface area contributed by atoms with E-state index in [4.69, 9.17) is 18.9 Å². The van der Waals surface area contributed by atoms with Gasteiger partial charge in [-0.05, 0) is 0 Å². The second-order valence-electron chi connectivity index (χ2n) is 3.78. The van der Waals surface area contributed by atoms with E-state index < -0.39 is 11.9 Å². The Morgan fingerprint density at radius 3 is 1.62 bits per heavy atom. The van der Waals surface area contributed by atoms with Gasteiger partial charge in [-0.1, -0.05) is 0 Å². The molecule has 2 atom stereocenters. The first kappa shape index (κ1) is 11.3. The van der Waals surface area contributed by atoms with Crippen molar-refractivity contribution in [3.63, 3.8) is 0 Å². The van der Waals surface area contributed by atoms with Gasteiger partial charge in [-0.25, -0.2) is 0 Å². The number of carbonyl (C=O) groups is 2. The summed E-state index contributed by atoms with van der Waals surface area (Å²) >= 11 is 0. The summed E-state index contributed by atoms with van der Waals surface area (Å²) < 4.78 is 19.5. The van der Waals surface area contributed by atoms with Gasteiger partial charge in [-0.3, -0.25) is 9.59 Å². The van der Waals surface area contributed by atoms with Crippen molar-refractivity contribution in [2.45, 2.75) is 25.0 Å². The second-order valence-corrected chi connectivity index (χ2v) is 3.78. The molecule has 0 N–H and O–H groups in total. The van der Waals surface area contributed by atoms with Crippen LogP contribution in [0.25, 0.3) is 0 Å². The lowest BCUT2D eigenvalue weighted by atomic mass is 10.3. The fourth-order valence-electron chi connectivity index (χ4n) is 1.05. The van der Waals surface area contributed by atoms with Crippen LogP contribution in [0.1, 0.15) is 12.8 Å². The van der Waals surface area contributed by atoms with E-state index >= 15 is 0 Å². The molecular weight excluding hydrogens is 216 g/mol. The molecule has 0 aliphatic carbocycles. The van der Waals surface area contributed by atoms with Crippen LogP contribution in [0.15, 0.2) is 0 Å². The molecule has 0 bridgehead atoms. The Morgan fingerprint density at radius 2 is 1.31 bits per heavy atom. The van der Waals surface area contributed by atoms with E-state index in [-0.39, 0.29) is 38.3 Å². The standard InChI is InChI=1S/C10H14O6/c11-9(15-5-7-3-13-7)1-2-10(12)16-6-8-4-14-8/h7-8H,1-6H2/t7-,8-/m1/s1. The molecule has 2 aliphatic heterocycles. The zero-order valence-corrected chi connectivity index (χ0v) is 8.85. The van der Waals surface area contributed by atoms with Gasteiger partial charge in [-0.2, -0.15) is 0 Å². The van der Waals surface area contributed by atoms with Gasteiger partial charge in [0.25, 0.3) is 0 Å². The summed E-state index contributed by atoms with van der Waals surface area (Å²) in [6, 6.07) is 0. The number of hydrogen-bond donors (Lipinski definition) is 0. The zero-order valence-electron chi connectivity index (χ0n) is 8.85. The average Bonchev–Trinajstić information content (AvgIpc) is 3.15. The molecule has 90 valence electrons. The monoisotopic (exact) mass is 230 g/mol. The first-order chi connectivity index (χ1) is 7.74. The van der Waals surface area contributed by atoms with Gasteiger partial charge in [-0.15, -0.1) is 0 Å². The summed E-state index contributed by atoms with van der Waals surface area (Å²) in [5, 5.41) is 0. The van der Waals surface area contributed by atoms with Crippen LogP contribution in [-0.2, 0) is 28.5 Å². The van der Waals surface area contributed by atoms with E-state index in [1.807, 2.05) is 0 Å². The predicted molar refractivity (Wildman–Crippen MR) is 50.6 cm³/mol. The summed E-state index contributed by atoms with van der Waals surface area (Å²) in [7, 11) is 0. The maximum Gasteiger partial charge on any atom is 0.306 e. The second kappa shape index (κ2) is 5.27. The van der Waals surface area contributed by atoms with Crippen LogP contribution < -0.4 is 0 Å². The summed E-state index contributed by atoms with van der Waals surface area (Å²) in [5.74, 6) is -0.787. The van der Waals surface area contributed by atoms with Crippen molar-refractivity contribution in [3.8, 4) is 0 Å². The predicted octanol–water partition coefficient (Wildman–Crippen LogP) is -0.349. The van der Waals surface area contributed by atoms with Gasteiger partial charge in [0.15, 0.2) is 0 Å². The van der Waals surface area contributed by atoms with E-state index in [1.54, 1.807) is 0 Å². The third-order valence-electron chi connectivity index (χ3n) is 2.20. The molecule has 0 aromatic rings. The molecule has 2 fully saturated rings. The van der Waals surface area contributed by atoms with Crippen molar-refractivity contribution in [1.82, 2.24) is 0 Å². The third kappa shape index (κ3) is 4.59. The maximum atomic E-state index is 11.1. The van der Waals surface area contributed by atoms with Crippen LogP contribution in [0.3, 0.4) is 0 Å². The normalized spacial score (nSPS) is 26.0. The molecule has 0 aromatic heterocycles. The number of rotatable bonds is 7. The molecule has 0 spiro atoms. The molecular formula is C10H14O6. The lowest BCUT2D eigenvalue weighted by molar-refractivity contribution is -0.150. The smallest absolute Gasteiger partial charge is 0.306 e. The minimum atomic E-state index is -0.393. The SMILES string of the molecule is O=C(CCC(=O)OC[C@H]1CO1)OC[C@H]1CO1. The van der Waals surface area contributed by atoms with Crippen molar-refractivity contribution in [3.05, 3.63) is 0 Å². The highest BCUT2D eigenvalue weighted by Crippen LogP contribution is 2.10. The maximum absolute atomic E-state index is 11.1. The number of epoxide rings is 2. The topological polar surface area (TPSA) is 77.7 Å². The molecule has 0 radical (unpaired) electrons. The minimum absolute atomic E-state index is 0.0527. The molecule has 0 aromatic carbocycles. The minimum Gasteiger partial charge on any atom is -0.463 e. The summed E-state index contributed by atoms with van der Waals surface area (Å²) in [6.07, 6.45) is 0.222. The van der Waals surface area contributed by atoms with Crippen LogP contribution in [0, 0.1) is 0 Å². The average molecular weight is 230 g/mol. The molecule has 0 amide bonds. The molecule has 6 heteroatoms. The van der Waals surface area contributed by atoms with E-state index in [2.05, 4.69) is 0 Å². The summed E-state index contributed by atoms with van der Waals surface area (Å²) in [4.78, 5) is 22.2. The number of ether oxygens (including phenoxy) is 4. The molecule has 2 aliphatic rings. The molecule has 2 rings (SSSR count). The van der Waals surface area contributed by atoms with E-state index in [0.717, 1.165) is 0 Å². The highest BCUT2D eigenvalue weighted by atomic mass is 16.6. The van der Waals surface area contributed by atoms with Gasteiger partial charge in [0.2, 0.25) is 0 Å². The Labute approximate surface area is 92.8 Å². The van der Waals surface area contributed by atoms with Gasteiger partial charge < -0.3 is 18.9 Å². The zero-order chi connectivity index (χ0) is 11.4. The van der Waals surface area contributed by atoms with Gasteiger partial charge >= 0.3 is 11.9 Å². The first-order valence-corrected chi connectivity index (χ1v) is 5.28. The largest absolute Gasteiger partial charge is 0.463 e. The molecule has 0 saturated carbocycles. The molecule has 2 saturated heterocycles. The van der Waals surface area contributed by atoms with E-state index in [9.17, 15) is 9.59 Å². The fourth-order valence-corrected chi connectivity index (χ4v) is 1.05. The van der Waals surface area contributed by atoms with Crippen LogP contribution in [0.4, 0.5) is 0 Å². The quantitative estimate of drug-likeness (QED) is 0.439. The number of carbonyl (C=O) groups excluding carboxylic acids is 2. The lowest BCUT2D eigenvalue weighted by Crippen LogP contribution is -2.14. The van der Waals surface area contributed by atoms with Crippen molar-refractivity contribution < 1.29 is 28.5 Å². The van der Waals surface area contributed by atoms with Crippen LogP contribution in [0.5, 0.6) is 0 Å². The van der Waals surface area contributed by atoms with Crippen molar-refractivity contribution in [2.24, 2.45) is 0 Å². The Bertz CT molecular complexity index is 240. The molecule has 2 heterocycles. The Balaban J connectivity index is 1.47. The molecule has 0 unspecified atom stereocenters. The Morgan fingerprint density at radius 1 is 0.938 bits per heavy atom. The highest BCUT2D eigenvalue weighted by Gasteiger charge is 2.25. The van der Waals surface area contributed by atoms with Gasteiger partial charge in [0.05, 0.1) is 26.1 Å². The molecule has 16 heavy (non-hydrogen) atoms. The highest BCUT2D eigenvalue weighted by molar-refractivity contribution is 5.77. The van der Waals surface area contributed by atoms with E-state index in [1.165, 1.54) is 0 Å². The molecule has 6 nitrogen and oxygen atoms in total. The van der Waals surface area contributed by atoms with Crippen LogP contribution in [0.2, 0.25) is 0 Å². The van der Waals surface area contributed by atoms with Crippen molar-refractivity contribution in [1.29, 1.82) is 0 Å². The third-order valence-corrected chi connectivity index (χ3v) is 2.20. The summed E-state index contributed by atoms with van der Waals surface area (Å²) in [6.45, 7) is 1.86. The summed E-state index contributed by atoms with van der Waals surface area (Å²) in [5.41, 5.74) is 0. The van der Waals surface area contributed by atoms with Gasteiger partial charge in [0.1, 0.15) is 25.4 Å². The van der Waals surface area contributed by atoms with E-state index in [0.29, 0.717) is 13.2 Å². The first-order valence-electron chi connectivity index (χ1n) is 5.28. The van der Waals surface area contributed by atoms with Crippen molar-refractivity contribution in [2.75, 3.05) is 26.4 Å². The fraction of sp³-hybridized carbons (Fsp3) is 0.800. The van der Waals surface area contributed by atoms with Gasteiger partial charge in [0, 0.05) is 0 Å². The Hall–Kier alpha value is -1.14. The number of esters is 2. The lowest BCUT2D eigenvalue weighted by Gasteiger charge is -2.03. The number of hydrogen-bond acceptors (Lipinski definition) is 6.